The van der Waals surface area contributed by atoms with Crippen LogP contribution in [-0.4, -0.2) is 28.5 Å². The van der Waals surface area contributed by atoms with Crippen molar-refractivity contribution < 1.29 is 40.7 Å². The molecule has 172 valence electrons. The summed E-state index contributed by atoms with van der Waals surface area (Å²) in [7, 11) is 0. The van der Waals surface area contributed by atoms with E-state index in [9.17, 15) is 26.3 Å². The Kier molecular flexibility index (Phi) is 8.86. The Hall–Kier alpha value is -2.81. The van der Waals surface area contributed by atoms with Crippen LogP contribution in [0.2, 0.25) is 0 Å². The summed E-state index contributed by atoms with van der Waals surface area (Å²) in [6.07, 6.45) is -4.04. The minimum atomic E-state index is -4.47. The Balaban J connectivity index is 0.00000151. The lowest BCUT2D eigenvalue weighted by Gasteiger charge is -2.28. The van der Waals surface area contributed by atoms with Crippen LogP contribution in [0.1, 0.15) is 44.8 Å². The van der Waals surface area contributed by atoms with Crippen LogP contribution in [0.4, 0.5) is 26.3 Å². The fraction of sp³-hybridized carbons (Fsp3) is 0.500. The summed E-state index contributed by atoms with van der Waals surface area (Å²) in [5.74, 6) is -0.808. The molecule has 0 aliphatic rings. The Morgan fingerprint density at radius 2 is 1.71 bits per heavy atom. The van der Waals surface area contributed by atoms with E-state index < -0.39 is 36.3 Å². The molecule has 5 nitrogen and oxygen atoms in total. The summed E-state index contributed by atoms with van der Waals surface area (Å²) >= 11 is 0. The summed E-state index contributed by atoms with van der Waals surface area (Å²) in [5, 5.41) is 0. The van der Waals surface area contributed by atoms with Gasteiger partial charge in [0.2, 0.25) is 5.95 Å². The molecular formula is C20H22F6N2O3. The highest BCUT2D eigenvalue weighted by Crippen LogP contribution is 2.41. The van der Waals surface area contributed by atoms with Gasteiger partial charge in [-0.1, -0.05) is 33.8 Å². The van der Waals surface area contributed by atoms with E-state index in [2.05, 4.69) is 9.72 Å². The summed E-state index contributed by atoms with van der Waals surface area (Å²) < 4.78 is 85.6. The maximum absolute atomic E-state index is 14.7. The molecule has 0 atom stereocenters. The lowest BCUT2D eigenvalue weighted by atomic mass is 9.85. The fourth-order valence-corrected chi connectivity index (χ4v) is 2.86. The van der Waals surface area contributed by atoms with E-state index >= 15 is 0 Å². The monoisotopic (exact) mass is 452 g/mol. The van der Waals surface area contributed by atoms with E-state index in [0.29, 0.717) is 18.7 Å². The van der Waals surface area contributed by atoms with Gasteiger partial charge >= 0.3 is 18.9 Å². The van der Waals surface area contributed by atoms with Crippen molar-refractivity contribution in [3.63, 3.8) is 0 Å². The second kappa shape index (κ2) is 10.5. The number of hydrogen-bond acceptors (Lipinski definition) is 4. The van der Waals surface area contributed by atoms with E-state index in [0.717, 1.165) is 24.5 Å². The third-order valence-electron chi connectivity index (χ3n) is 4.50. The zero-order valence-corrected chi connectivity index (χ0v) is 17.3. The van der Waals surface area contributed by atoms with E-state index in [1.165, 1.54) is 12.1 Å². The van der Waals surface area contributed by atoms with E-state index in [1.54, 1.807) is 13.8 Å². The molecular weight excluding hydrogens is 430 g/mol. The maximum Gasteiger partial charge on any atom is 0.394 e. The Morgan fingerprint density at radius 1 is 1.13 bits per heavy atom. The quantitative estimate of drug-likeness (QED) is 0.536. The first kappa shape index (κ1) is 26.2. The van der Waals surface area contributed by atoms with Crippen molar-refractivity contribution in [2.24, 2.45) is 5.41 Å². The van der Waals surface area contributed by atoms with Crippen LogP contribution in [0.3, 0.4) is 0 Å². The molecule has 0 N–H and O–H groups in total. The van der Waals surface area contributed by atoms with Crippen molar-refractivity contribution >= 4 is 6.15 Å². The highest BCUT2D eigenvalue weighted by molar-refractivity contribution is 5.50. The topological polar surface area (TPSA) is 61.2 Å². The molecule has 2 rings (SSSR count). The van der Waals surface area contributed by atoms with Gasteiger partial charge < -0.3 is 4.74 Å². The maximum atomic E-state index is 14.7. The summed E-state index contributed by atoms with van der Waals surface area (Å²) in [4.78, 5) is 20.4. The third-order valence-corrected chi connectivity index (χ3v) is 4.50. The van der Waals surface area contributed by atoms with Crippen LogP contribution in [0.25, 0.3) is 5.69 Å². The van der Waals surface area contributed by atoms with Crippen LogP contribution < -0.4 is 4.74 Å². The summed E-state index contributed by atoms with van der Waals surface area (Å²) in [5.41, 5.74) is -1.78. The predicted octanol–water partition coefficient (Wildman–Crippen LogP) is 5.29. The Bertz CT molecular complexity index is 916. The lowest BCUT2D eigenvalue weighted by molar-refractivity contribution is -0.211. The molecule has 0 radical (unpaired) electrons. The molecule has 0 saturated carbocycles. The average molecular weight is 452 g/mol. The largest absolute Gasteiger partial charge is 0.433 e. The van der Waals surface area contributed by atoms with Gasteiger partial charge in [0.1, 0.15) is 5.82 Å². The van der Waals surface area contributed by atoms with E-state index in [-0.39, 0.29) is 23.1 Å². The molecule has 0 unspecified atom stereocenters. The number of nitrogens with zero attached hydrogens (tertiary/aromatic N) is 2. The van der Waals surface area contributed by atoms with Crippen molar-refractivity contribution in [1.82, 2.24) is 9.55 Å². The zero-order chi connectivity index (χ0) is 24.0. The molecule has 1 aromatic carbocycles. The van der Waals surface area contributed by atoms with Crippen LogP contribution in [0.15, 0.2) is 18.2 Å². The highest BCUT2D eigenvalue weighted by atomic mass is 19.4. The van der Waals surface area contributed by atoms with Crippen molar-refractivity contribution in [3.05, 3.63) is 41.2 Å². The Labute approximate surface area is 175 Å². The van der Waals surface area contributed by atoms with Crippen molar-refractivity contribution in [1.29, 1.82) is 0 Å². The van der Waals surface area contributed by atoms with E-state index in [4.69, 9.17) is 9.59 Å². The van der Waals surface area contributed by atoms with Gasteiger partial charge in [-0.25, -0.2) is 4.98 Å². The number of halogens is 6. The van der Waals surface area contributed by atoms with Crippen molar-refractivity contribution in [3.8, 4) is 11.4 Å². The van der Waals surface area contributed by atoms with Gasteiger partial charge in [-0.15, -0.1) is 0 Å². The first-order valence-electron chi connectivity index (χ1n) is 9.22. The molecule has 31 heavy (non-hydrogen) atoms. The number of carbonyl (C=O) groups excluding carboxylic acids is 2. The van der Waals surface area contributed by atoms with Gasteiger partial charge in [0.25, 0.3) is 0 Å². The fourth-order valence-electron chi connectivity index (χ4n) is 2.86. The molecule has 0 spiro atoms. The second-order valence-electron chi connectivity index (χ2n) is 7.13. The van der Waals surface area contributed by atoms with Crippen LogP contribution >= 0.6 is 0 Å². The molecule has 1 aromatic heterocycles. The van der Waals surface area contributed by atoms with Gasteiger partial charge in [0, 0.05) is 6.42 Å². The normalized spacial score (nSPS) is 11.7. The Morgan fingerprint density at radius 3 is 2.16 bits per heavy atom. The number of ether oxygens (including phenoxy) is 1. The number of aromatic nitrogens is 2. The highest BCUT2D eigenvalue weighted by Gasteiger charge is 2.47. The summed E-state index contributed by atoms with van der Waals surface area (Å²) in [6, 6.07) is 3.73. The van der Waals surface area contributed by atoms with Crippen molar-refractivity contribution in [2.75, 3.05) is 0 Å². The number of benzene rings is 1. The number of alkyl halides is 5. The minimum Gasteiger partial charge on any atom is -0.433 e. The van der Waals surface area contributed by atoms with Gasteiger partial charge in [0.15, 0.2) is 5.75 Å². The number of hydrogen-bond donors (Lipinski definition) is 0. The van der Waals surface area contributed by atoms with Crippen LogP contribution in [-0.2, 0) is 28.9 Å². The third kappa shape index (κ3) is 6.33. The smallest absolute Gasteiger partial charge is 0.394 e. The molecule has 0 amide bonds. The second-order valence-corrected chi connectivity index (χ2v) is 7.13. The zero-order valence-electron chi connectivity index (χ0n) is 17.3. The van der Waals surface area contributed by atoms with Gasteiger partial charge in [-0.05, 0) is 30.5 Å². The first-order valence-corrected chi connectivity index (χ1v) is 9.22. The molecule has 0 aliphatic heterocycles. The van der Waals surface area contributed by atoms with Gasteiger partial charge in [-0.3, -0.25) is 4.57 Å². The average Bonchev–Trinajstić information content (AvgIpc) is 2.96. The first-order chi connectivity index (χ1) is 14.3. The van der Waals surface area contributed by atoms with Gasteiger partial charge in [0.05, 0.1) is 16.8 Å². The van der Waals surface area contributed by atoms with Crippen LogP contribution in [0.5, 0.6) is 5.75 Å². The molecule has 2 aromatic rings. The molecule has 1 heterocycles. The number of imidazole rings is 1. The predicted molar refractivity (Wildman–Crippen MR) is 97.5 cm³/mol. The molecule has 0 saturated heterocycles. The SMILES string of the molecule is CCc1nc(CC)n(-c2ccc(CC(C)(C)C(F)(F)F)cc2OC(F)F)c1F.O=C=O. The van der Waals surface area contributed by atoms with Crippen LogP contribution in [0, 0.1) is 11.4 Å². The minimum absolute atomic E-state index is 0.0320. The van der Waals surface area contributed by atoms with E-state index in [1.807, 2.05) is 0 Å². The summed E-state index contributed by atoms with van der Waals surface area (Å²) in [6.45, 7) is 2.26. The molecule has 11 heteroatoms. The number of rotatable bonds is 7. The van der Waals surface area contributed by atoms with Crippen molar-refractivity contribution in [2.45, 2.75) is 59.7 Å². The molecule has 0 aliphatic carbocycles. The molecule has 0 bridgehead atoms. The number of aryl methyl sites for hydroxylation is 2. The van der Waals surface area contributed by atoms with Gasteiger partial charge in [-0.2, -0.15) is 35.9 Å². The lowest BCUT2D eigenvalue weighted by Crippen LogP contribution is -2.34. The standard InChI is InChI=1S/C19H22F6N2O.CO2/c1-5-12-16(20)27(15(6-2)26-12)13-8-7-11(9-14(13)28-17(21)22)10-18(3,4)19(23,24)25;2-1-3/h7-9,17H,5-6,10H2,1-4H3;. The molecule has 0 fully saturated rings.